The molecule has 11 heteroatoms. The number of rotatable bonds is 6. The summed E-state index contributed by atoms with van der Waals surface area (Å²) in [6, 6.07) is -1.31. The van der Waals surface area contributed by atoms with E-state index in [2.05, 4.69) is 22.7 Å². The summed E-state index contributed by atoms with van der Waals surface area (Å²) in [6.07, 6.45) is -0.414. The van der Waals surface area contributed by atoms with Crippen LogP contribution >= 0.6 is 12.2 Å². The number of ether oxygens (including phenoxy) is 3. The van der Waals surface area contributed by atoms with Gasteiger partial charge in [0.25, 0.3) is 0 Å². The molecule has 1 atom stereocenters. The molecule has 0 fully saturated rings. The Bertz CT molecular complexity index is 661. The van der Waals surface area contributed by atoms with E-state index in [9.17, 15) is 14.4 Å². The molecule has 31 heavy (non-hydrogen) atoms. The second-order valence-electron chi connectivity index (χ2n) is 9.75. The number of imide groups is 1. The molecule has 0 saturated carbocycles. The Balaban J connectivity index is 5.98. The van der Waals surface area contributed by atoms with Crippen LogP contribution in [0, 0.1) is 0 Å². The summed E-state index contributed by atoms with van der Waals surface area (Å²) in [5.74, 6) is -0.778. The van der Waals surface area contributed by atoms with Crippen molar-refractivity contribution in [1.82, 2.24) is 10.3 Å². The molecular weight excluding hydrogens is 424 g/mol. The molecule has 0 unspecified atom stereocenters. The standard InChI is InChI=1S/C20H36N4O6S/c1-18(2,3)28-14(25)13(11-10-12-22-23-15(21)31)24(16(26)29-19(4,5)6)17(27)30-20(7,8)9/h12-13H,10-11H2,1-9H3,(H3,21,23,31)/b22-12-/t13-/m0/s1. The van der Waals surface area contributed by atoms with Crippen LogP contribution in [0.2, 0.25) is 0 Å². The van der Waals surface area contributed by atoms with Crippen molar-refractivity contribution in [3.05, 3.63) is 0 Å². The molecule has 0 aromatic carbocycles. The Kier molecular flexibility index (Phi) is 10.4. The summed E-state index contributed by atoms with van der Waals surface area (Å²) >= 11 is 4.66. The van der Waals surface area contributed by atoms with Gasteiger partial charge in [-0.1, -0.05) is 0 Å². The van der Waals surface area contributed by atoms with Gasteiger partial charge in [0.15, 0.2) is 5.11 Å². The number of hydrogen-bond donors (Lipinski definition) is 2. The Morgan fingerprint density at radius 1 is 0.935 bits per heavy atom. The quantitative estimate of drug-likeness (QED) is 0.201. The molecule has 0 aromatic heterocycles. The van der Waals surface area contributed by atoms with Crippen molar-refractivity contribution in [3.63, 3.8) is 0 Å². The van der Waals surface area contributed by atoms with Crippen LogP contribution in [0.3, 0.4) is 0 Å². The fourth-order valence-corrected chi connectivity index (χ4v) is 2.13. The molecule has 0 aliphatic heterocycles. The molecule has 0 heterocycles. The van der Waals surface area contributed by atoms with Crippen LogP contribution in [0.5, 0.6) is 0 Å². The fourth-order valence-electron chi connectivity index (χ4n) is 2.08. The molecule has 0 aromatic rings. The summed E-state index contributed by atoms with van der Waals surface area (Å²) in [5.41, 5.74) is 5.04. The van der Waals surface area contributed by atoms with E-state index in [1.54, 1.807) is 62.3 Å². The summed E-state index contributed by atoms with van der Waals surface area (Å²) in [4.78, 5) is 39.4. The first-order chi connectivity index (χ1) is 13.8. The number of hydrazone groups is 1. The zero-order chi connectivity index (χ0) is 24.6. The molecule has 0 bridgehead atoms. The van der Waals surface area contributed by atoms with E-state index in [0.717, 1.165) is 0 Å². The van der Waals surface area contributed by atoms with Gasteiger partial charge in [-0.3, -0.25) is 5.43 Å². The number of carbonyl (C=O) groups is 3. The molecule has 0 rings (SSSR count). The van der Waals surface area contributed by atoms with Crippen LogP contribution in [0.1, 0.15) is 75.2 Å². The number of nitrogens with zero attached hydrogens (tertiary/aromatic N) is 2. The Morgan fingerprint density at radius 2 is 1.35 bits per heavy atom. The molecule has 178 valence electrons. The van der Waals surface area contributed by atoms with Crippen LogP contribution in [0.15, 0.2) is 5.10 Å². The lowest BCUT2D eigenvalue weighted by molar-refractivity contribution is -0.161. The third kappa shape index (κ3) is 13.5. The van der Waals surface area contributed by atoms with E-state index in [4.69, 9.17) is 19.9 Å². The second-order valence-corrected chi connectivity index (χ2v) is 10.2. The molecule has 2 amide bonds. The minimum absolute atomic E-state index is 0.00983. The number of hydrogen-bond acceptors (Lipinski definition) is 8. The minimum Gasteiger partial charge on any atom is -0.458 e. The van der Waals surface area contributed by atoms with E-state index in [1.807, 2.05) is 0 Å². The Labute approximate surface area is 189 Å². The second kappa shape index (κ2) is 11.3. The van der Waals surface area contributed by atoms with E-state index in [0.29, 0.717) is 4.90 Å². The van der Waals surface area contributed by atoms with Gasteiger partial charge in [0.2, 0.25) is 0 Å². The molecule has 0 aliphatic rings. The first kappa shape index (κ1) is 28.6. The van der Waals surface area contributed by atoms with Crippen molar-refractivity contribution in [2.75, 3.05) is 0 Å². The van der Waals surface area contributed by atoms with Gasteiger partial charge in [0, 0.05) is 6.21 Å². The third-order valence-electron chi connectivity index (χ3n) is 3.01. The van der Waals surface area contributed by atoms with Gasteiger partial charge in [-0.25, -0.2) is 14.4 Å². The van der Waals surface area contributed by atoms with Crippen LogP contribution in [-0.2, 0) is 19.0 Å². The summed E-state index contributed by atoms with van der Waals surface area (Å²) < 4.78 is 16.1. The van der Waals surface area contributed by atoms with E-state index >= 15 is 0 Å². The number of carbonyl (C=O) groups excluding carboxylic acids is 3. The lowest BCUT2D eigenvalue weighted by Crippen LogP contribution is -2.53. The van der Waals surface area contributed by atoms with Crippen molar-refractivity contribution in [1.29, 1.82) is 0 Å². The molecule has 10 nitrogen and oxygen atoms in total. The smallest absolute Gasteiger partial charge is 0.420 e. The maximum Gasteiger partial charge on any atom is 0.420 e. The number of esters is 1. The lowest BCUT2D eigenvalue weighted by atomic mass is 10.1. The summed E-state index contributed by atoms with van der Waals surface area (Å²) in [6.45, 7) is 14.9. The normalized spacial score (nSPS) is 13.3. The molecule has 3 N–H and O–H groups in total. The van der Waals surface area contributed by atoms with Crippen molar-refractivity contribution in [2.24, 2.45) is 10.8 Å². The zero-order valence-corrected chi connectivity index (χ0v) is 20.7. The number of amides is 2. The monoisotopic (exact) mass is 460 g/mol. The highest BCUT2D eigenvalue weighted by molar-refractivity contribution is 7.80. The molecule has 0 spiro atoms. The predicted octanol–water partition coefficient (Wildman–Crippen LogP) is 3.47. The van der Waals surface area contributed by atoms with Gasteiger partial charge in [-0.15, -0.1) is 0 Å². The van der Waals surface area contributed by atoms with Crippen molar-refractivity contribution in [2.45, 2.75) is 98.0 Å². The van der Waals surface area contributed by atoms with Crippen molar-refractivity contribution >= 4 is 41.7 Å². The van der Waals surface area contributed by atoms with Gasteiger partial charge in [-0.2, -0.15) is 10.0 Å². The summed E-state index contributed by atoms with van der Waals surface area (Å²) in [7, 11) is 0. The number of nitrogens with one attached hydrogen (secondary N) is 1. The van der Waals surface area contributed by atoms with Gasteiger partial charge in [-0.05, 0) is 87.4 Å². The molecular formula is C20H36N4O6S. The lowest BCUT2D eigenvalue weighted by Gasteiger charge is -2.33. The van der Waals surface area contributed by atoms with Gasteiger partial charge in [0.1, 0.15) is 22.8 Å². The molecule has 0 aliphatic carbocycles. The Morgan fingerprint density at radius 3 is 1.71 bits per heavy atom. The highest BCUT2D eigenvalue weighted by Crippen LogP contribution is 2.21. The van der Waals surface area contributed by atoms with E-state index in [1.165, 1.54) is 6.21 Å². The third-order valence-corrected chi connectivity index (χ3v) is 3.10. The van der Waals surface area contributed by atoms with Gasteiger partial charge < -0.3 is 19.9 Å². The van der Waals surface area contributed by atoms with Crippen molar-refractivity contribution in [3.8, 4) is 0 Å². The largest absolute Gasteiger partial charge is 0.458 e. The number of thiocarbonyl (C=S) groups is 1. The molecule has 0 saturated heterocycles. The van der Waals surface area contributed by atoms with E-state index < -0.39 is 41.0 Å². The Hall–Kier alpha value is -2.43. The summed E-state index contributed by atoms with van der Waals surface area (Å²) in [5, 5.41) is 3.78. The highest BCUT2D eigenvalue weighted by atomic mass is 32.1. The maximum absolute atomic E-state index is 12.9. The highest BCUT2D eigenvalue weighted by Gasteiger charge is 2.41. The maximum atomic E-state index is 12.9. The van der Waals surface area contributed by atoms with Crippen LogP contribution in [0.4, 0.5) is 9.59 Å². The first-order valence-electron chi connectivity index (χ1n) is 9.87. The van der Waals surface area contributed by atoms with Crippen LogP contribution in [0.25, 0.3) is 0 Å². The predicted molar refractivity (Wildman–Crippen MR) is 122 cm³/mol. The van der Waals surface area contributed by atoms with Gasteiger partial charge >= 0.3 is 18.2 Å². The molecule has 0 radical (unpaired) electrons. The van der Waals surface area contributed by atoms with Crippen molar-refractivity contribution < 1.29 is 28.6 Å². The average molecular weight is 461 g/mol. The zero-order valence-electron chi connectivity index (χ0n) is 19.9. The van der Waals surface area contributed by atoms with Crippen LogP contribution < -0.4 is 11.2 Å². The van der Waals surface area contributed by atoms with Gasteiger partial charge in [0.05, 0.1) is 0 Å². The first-order valence-corrected chi connectivity index (χ1v) is 10.3. The minimum atomic E-state index is -1.31. The number of nitrogens with two attached hydrogens (primary N) is 1. The van der Waals surface area contributed by atoms with Crippen LogP contribution in [-0.4, -0.2) is 57.2 Å². The average Bonchev–Trinajstić information content (AvgIpc) is 2.47. The fraction of sp³-hybridized carbons (Fsp3) is 0.750. The SMILES string of the molecule is CC(C)(C)OC(=O)[C@H](CC/C=N\NC(N)=S)N(C(=O)OC(C)(C)C)C(=O)OC(C)(C)C. The van der Waals surface area contributed by atoms with E-state index in [-0.39, 0.29) is 18.0 Å². The topological polar surface area (TPSA) is 133 Å².